The highest BCUT2D eigenvalue weighted by molar-refractivity contribution is 6.17. The molecule has 0 aromatic carbocycles. The number of aromatic nitrogens is 1. The topological polar surface area (TPSA) is 48.4 Å². The average Bonchev–Trinajstić information content (AvgIpc) is 2.36. The van der Waals surface area contributed by atoms with E-state index in [1.165, 1.54) is 6.92 Å². The third kappa shape index (κ3) is 4.42. The molecule has 0 spiro atoms. The SMILES string of the molecule is CCOC(=O)c1c(C(F)F)cnc(CCl)c1OC(F)(F)F. The van der Waals surface area contributed by atoms with Crippen LogP contribution in [-0.4, -0.2) is 23.9 Å². The van der Waals surface area contributed by atoms with E-state index in [-0.39, 0.29) is 6.61 Å². The van der Waals surface area contributed by atoms with Gasteiger partial charge >= 0.3 is 12.3 Å². The summed E-state index contributed by atoms with van der Waals surface area (Å²) in [7, 11) is 0. The number of alkyl halides is 6. The Morgan fingerprint density at radius 3 is 2.48 bits per heavy atom. The number of ether oxygens (including phenoxy) is 2. The van der Waals surface area contributed by atoms with Crippen LogP contribution in [0, 0.1) is 0 Å². The van der Waals surface area contributed by atoms with Gasteiger partial charge in [-0.25, -0.2) is 13.6 Å². The maximum atomic E-state index is 12.9. The first-order chi connectivity index (χ1) is 9.71. The second-order valence-electron chi connectivity index (χ2n) is 3.57. The van der Waals surface area contributed by atoms with Crippen LogP contribution in [-0.2, 0) is 10.6 Å². The van der Waals surface area contributed by atoms with Gasteiger partial charge in [-0.2, -0.15) is 0 Å². The highest BCUT2D eigenvalue weighted by Crippen LogP contribution is 2.36. The van der Waals surface area contributed by atoms with Gasteiger partial charge in [0, 0.05) is 6.20 Å². The molecule has 1 aromatic heterocycles. The quantitative estimate of drug-likeness (QED) is 0.467. The molecule has 0 aliphatic heterocycles. The van der Waals surface area contributed by atoms with Gasteiger partial charge in [-0.3, -0.25) is 4.98 Å². The number of hydrogen-bond donors (Lipinski definition) is 0. The second kappa shape index (κ2) is 6.88. The van der Waals surface area contributed by atoms with Crippen LogP contribution in [0.2, 0.25) is 0 Å². The zero-order valence-corrected chi connectivity index (χ0v) is 11.3. The third-order valence-electron chi connectivity index (χ3n) is 2.20. The van der Waals surface area contributed by atoms with Gasteiger partial charge in [0.05, 0.1) is 23.7 Å². The van der Waals surface area contributed by atoms with Gasteiger partial charge < -0.3 is 9.47 Å². The number of esters is 1. The zero-order valence-electron chi connectivity index (χ0n) is 10.5. The van der Waals surface area contributed by atoms with Crippen LogP contribution < -0.4 is 4.74 Å². The summed E-state index contributed by atoms with van der Waals surface area (Å²) in [6.07, 6.45) is -7.88. The predicted octanol–water partition coefficient (Wildman–Crippen LogP) is 3.83. The lowest BCUT2D eigenvalue weighted by atomic mass is 10.1. The fraction of sp³-hybridized carbons (Fsp3) is 0.455. The van der Waals surface area contributed by atoms with Crippen LogP contribution in [0.25, 0.3) is 0 Å². The van der Waals surface area contributed by atoms with E-state index in [4.69, 9.17) is 11.6 Å². The fourth-order valence-corrected chi connectivity index (χ4v) is 1.64. The average molecular weight is 334 g/mol. The lowest BCUT2D eigenvalue weighted by molar-refractivity contribution is -0.275. The number of carbonyl (C=O) groups is 1. The maximum absolute atomic E-state index is 12.9. The summed E-state index contributed by atoms with van der Waals surface area (Å²) >= 11 is 5.40. The molecule has 0 amide bonds. The first-order valence-electron chi connectivity index (χ1n) is 5.50. The number of rotatable bonds is 5. The molecule has 0 aliphatic carbocycles. The number of carbonyl (C=O) groups excluding carboxylic acids is 1. The van der Waals surface area contributed by atoms with E-state index in [0.29, 0.717) is 6.20 Å². The Balaban J connectivity index is 3.52. The largest absolute Gasteiger partial charge is 0.573 e. The molecule has 1 rings (SSSR count). The lowest BCUT2D eigenvalue weighted by Gasteiger charge is -2.17. The van der Waals surface area contributed by atoms with E-state index in [0.717, 1.165) is 0 Å². The fourth-order valence-electron chi connectivity index (χ4n) is 1.45. The van der Waals surface area contributed by atoms with Gasteiger partial charge in [-0.1, -0.05) is 0 Å². The van der Waals surface area contributed by atoms with E-state index < -0.39 is 47.2 Å². The monoisotopic (exact) mass is 333 g/mol. The highest BCUT2D eigenvalue weighted by Gasteiger charge is 2.37. The molecule has 0 fully saturated rings. The molecular formula is C11H9ClF5NO3. The molecule has 0 aliphatic rings. The third-order valence-corrected chi connectivity index (χ3v) is 2.45. The van der Waals surface area contributed by atoms with Crippen LogP contribution >= 0.6 is 11.6 Å². The predicted molar refractivity (Wildman–Crippen MR) is 61.4 cm³/mol. The van der Waals surface area contributed by atoms with Crippen molar-refractivity contribution in [2.45, 2.75) is 25.6 Å². The van der Waals surface area contributed by atoms with Crippen LogP contribution in [0.5, 0.6) is 5.75 Å². The Kier molecular flexibility index (Phi) is 5.70. The molecule has 0 radical (unpaired) electrons. The van der Waals surface area contributed by atoms with Gasteiger partial charge in [-0.05, 0) is 6.92 Å². The maximum Gasteiger partial charge on any atom is 0.573 e. The van der Waals surface area contributed by atoms with Gasteiger partial charge in [0.1, 0.15) is 5.56 Å². The standard InChI is InChI=1S/C11H9ClF5NO3/c1-2-20-10(19)7-5(9(13)14)4-18-6(3-12)8(7)21-11(15,16)17/h4,9H,2-3H2,1H3. The van der Waals surface area contributed by atoms with Crippen molar-refractivity contribution in [2.75, 3.05) is 6.61 Å². The first kappa shape index (κ1) is 17.4. The molecule has 0 unspecified atom stereocenters. The number of hydrogen-bond acceptors (Lipinski definition) is 4. The molecule has 118 valence electrons. The summed E-state index contributed by atoms with van der Waals surface area (Å²) in [5, 5.41) is 0. The molecule has 0 bridgehead atoms. The van der Waals surface area contributed by atoms with E-state index in [1.807, 2.05) is 0 Å². The van der Waals surface area contributed by atoms with Crippen molar-refractivity contribution in [3.8, 4) is 5.75 Å². The smallest absolute Gasteiger partial charge is 0.462 e. The van der Waals surface area contributed by atoms with E-state index in [1.54, 1.807) is 0 Å². The van der Waals surface area contributed by atoms with E-state index in [2.05, 4.69) is 14.5 Å². The molecule has 4 nitrogen and oxygen atoms in total. The highest BCUT2D eigenvalue weighted by atomic mass is 35.5. The second-order valence-corrected chi connectivity index (χ2v) is 3.83. The number of pyridine rings is 1. The van der Waals surface area contributed by atoms with Crippen molar-refractivity contribution < 1.29 is 36.2 Å². The minimum Gasteiger partial charge on any atom is -0.462 e. The van der Waals surface area contributed by atoms with Crippen molar-refractivity contribution >= 4 is 17.6 Å². The van der Waals surface area contributed by atoms with Crippen molar-refractivity contribution in [3.05, 3.63) is 23.0 Å². The molecule has 21 heavy (non-hydrogen) atoms. The summed E-state index contributed by atoms with van der Waals surface area (Å²) in [6, 6.07) is 0. The van der Waals surface area contributed by atoms with Crippen LogP contribution in [0.4, 0.5) is 22.0 Å². The molecular weight excluding hydrogens is 325 g/mol. The van der Waals surface area contributed by atoms with Crippen LogP contribution in [0.15, 0.2) is 6.20 Å². The summed E-state index contributed by atoms with van der Waals surface area (Å²) < 4.78 is 71.0. The molecule has 0 atom stereocenters. The summed E-state index contributed by atoms with van der Waals surface area (Å²) in [6.45, 7) is 1.15. The van der Waals surface area contributed by atoms with Crippen LogP contribution in [0.1, 0.15) is 35.0 Å². The zero-order chi connectivity index (χ0) is 16.2. The van der Waals surface area contributed by atoms with Crippen molar-refractivity contribution in [1.29, 1.82) is 0 Å². The number of nitrogens with zero attached hydrogens (tertiary/aromatic N) is 1. The normalized spacial score (nSPS) is 11.6. The molecule has 1 aromatic rings. The minimum absolute atomic E-state index is 0.217. The minimum atomic E-state index is -5.20. The van der Waals surface area contributed by atoms with E-state index in [9.17, 15) is 26.7 Å². The van der Waals surface area contributed by atoms with Gasteiger partial charge in [-0.15, -0.1) is 24.8 Å². The van der Waals surface area contributed by atoms with Crippen molar-refractivity contribution in [1.82, 2.24) is 4.98 Å². The lowest BCUT2D eigenvalue weighted by Crippen LogP contribution is -2.22. The molecule has 0 saturated carbocycles. The molecule has 10 heteroatoms. The Bertz CT molecular complexity index is 521. The first-order valence-corrected chi connectivity index (χ1v) is 6.03. The van der Waals surface area contributed by atoms with Crippen molar-refractivity contribution in [2.24, 2.45) is 0 Å². The Labute approximate surface area is 120 Å². The van der Waals surface area contributed by atoms with Gasteiger partial charge in [0.2, 0.25) is 0 Å². The molecule has 0 saturated heterocycles. The van der Waals surface area contributed by atoms with Crippen molar-refractivity contribution in [3.63, 3.8) is 0 Å². The number of halogens is 6. The van der Waals surface area contributed by atoms with Crippen LogP contribution in [0.3, 0.4) is 0 Å². The molecule has 1 heterocycles. The van der Waals surface area contributed by atoms with E-state index >= 15 is 0 Å². The molecule has 0 N–H and O–H groups in total. The summed E-state index contributed by atoms with van der Waals surface area (Å²) in [5.74, 6) is -3.11. The van der Waals surface area contributed by atoms with Gasteiger partial charge in [0.25, 0.3) is 6.43 Å². The Hall–Kier alpha value is -1.64. The Morgan fingerprint density at radius 1 is 1.43 bits per heavy atom. The summed E-state index contributed by atoms with van der Waals surface area (Å²) in [4.78, 5) is 15.0. The Morgan fingerprint density at radius 2 is 2.05 bits per heavy atom. The summed E-state index contributed by atoms with van der Waals surface area (Å²) in [5.41, 5.74) is -2.56. The van der Waals surface area contributed by atoms with Gasteiger partial charge in [0.15, 0.2) is 5.75 Å².